The van der Waals surface area contributed by atoms with Crippen LogP contribution in [0.15, 0.2) is 67.7 Å². The SMILES string of the molecule is FC(F)(F)Sc1ccc([S+](c2ccc(Br)cc2)C(F)(F)F)cc1. The van der Waals surface area contributed by atoms with Crippen LogP contribution in [0.25, 0.3) is 0 Å². The maximum absolute atomic E-state index is 13.4. The first kappa shape index (κ1) is 18.5. The van der Waals surface area contributed by atoms with Gasteiger partial charge in [-0.15, -0.1) is 13.2 Å². The fraction of sp³-hybridized carbons (Fsp3) is 0.143. The van der Waals surface area contributed by atoms with E-state index < -0.39 is 21.9 Å². The van der Waals surface area contributed by atoms with Crippen molar-refractivity contribution in [2.45, 2.75) is 25.7 Å². The predicted molar refractivity (Wildman–Crippen MR) is 82.4 cm³/mol. The van der Waals surface area contributed by atoms with Gasteiger partial charge in [-0.25, -0.2) is 0 Å². The molecule has 0 radical (unpaired) electrons. The number of benzene rings is 2. The largest absolute Gasteiger partial charge is 0.586 e. The maximum atomic E-state index is 13.4. The Kier molecular flexibility index (Phi) is 5.63. The monoisotopic (exact) mass is 433 g/mol. The molecule has 1 atom stereocenters. The minimum atomic E-state index is -4.52. The molecular formula is C14H8BrF6S2+. The van der Waals surface area contributed by atoms with Crippen LogP contribution in [0.5, 0.6) is 0 Å². The Labute approximate surface area is 143 Å². The second-order valence-corrected chi connectivity index (χ2v) is 8.30. The minimum absolute atomic E-state index is 0.0527. The van der Waals surface area contributed by atoms with E-state index in [4.69, 9.17) is 0 Å². The smallest absolute Gasteiger partial charge is 0.160 e. The first-order valence-electron chi connectivity index (χ1n) is 5.99. The molecule has 9 heteroatoms. The highest BCUT2D eigenvalue weighted by molar-refractivity contribution is 9.10. The van der Waals surface area contributed by atoms with Crippen molar-refractivity contribution in [3.8, 4) is 0 Å². The lowest BCUT2D eigenvalue weighted by Gasteiger charge is -2.11. The lowest BCUT2D eigenvalue weighted by atomic mass is 10.4. The molecule has 0 bridgehead atoms. The Morgan fingerprint density at radius 2 is 1.17 bits per heavy atom. The van der Waals surface area contributed by atoms with Gasteiger partial charge in [0.15, 0.2) is 20.7 Å². The lowest BCUT2D eigenvalue weighted by molar-refractivity contribution is -0.0373. The molecule has 0 saturated heterocycles. The third-order valence-electron chi connectivity index (χ3n) is 2.57. The summed E-state index contributed by atoms with van der Waals surface area (Å²) in [4.78, 5) is -0.175. The van der Waals surface area contributed by atoms with E-state index in [-0.39, 0.29) is 26.4 Å². The Morgan fingerprint density at radius 3 is 1.57 bits per heavy atom. The topological polar surface area (TPSA) is 0 Å². The van der Waals surface area contributed by atoms with Crippen LogP contribution in [0.1, 0.15) is 0 Å². The number of thioether (sulfide) groups is 1. The van der Waals surface area contributed by atoms with Gasteiger partial charge < -0.3 is 0 Å². The van der Waals surface area contributed by atoms with Crippen LogP contribution in [0.3, 0.4) is 0 Å². The first-order chi connectivity index (χ1) is 10.6. The first-order valence-corrected chi connectivity index (χ1v) is 8.82. The highest BCUT2D eigenvalue weighted by Crippen LogP contribution is 2.41. The van der Waals surface area contributed by atoms with E-state index in [1.165, 1.54) is 24.3 Å². The molecule has 2 rings (SSSR count). The lowest BCUT2D eigenvalue weighted by Crippen LogP contribution is -2.24. The summed E-state index contributed by atoms with van der Waals surface area (Å²) in [6.45, 7) is 0. The van der Waals surface area contributed by atoms with Gasteiger partial charge in [0, 0.05) is 9.37 Å². The molecule has 0 spiro atoms. The predicted octanol–water partition coefficient (Wildman–Crippen LogP) is 6.62. The van der Waals surface area contributed by atoms with Gasteiger partial charge in [-0.1, -0.05) is 15.9 Å². The zero-order valence-corrected chi connectivity index (χ0v) is 14.3. The van der Waals surface area contributed by atoms with Crippen molar-refractivity contribution in [1.29, 1.82) is 0 Å². The van der Waals surface area contributed by atoms with Crippen LogP contribution in [0, 0.1) is 0 Å². The number of hydrogen-bond donors (Lipinski definition) is 0. The van der Waals surface area contributed by atoms with Gasteiger partial charge in [-0.05, 0) is 60.3 Å². The Morgan fingerprint density at radius 1 is 0.739 bits per heavy atom. The molecule has 0 aromatic heterocycles. The summed E-state index contributed by atoms with van der Waals surface area (Å²) in [7, 11) is -2.22. The van der Waals surface area contributed by atoms with Crippen molar-refractivity contribution in [3.05, 3.63) is 53.0 Å². The zero-order valence-electron chi connectivity index (χ0n) is 11.1. The molecule has 2 aromatic rings. The van der Waals surface area contributed by atoms with Crippen molar-refractivity contribution in [3.63, 3.8) is 0 Å². The maximum Gasteiger partial charge on any atom is 0.586 e. The molecule has 0 heterocycles. The van der Waals surface area contributed by atoms with Crippen LogP contribution in [0.2, 0.25) is 0 Å². The van der Waals surface area contributed by atoms with Crippen LogP contribution in [-0.4, -0.2) is 11.0 Å². The average Bonchev–Trinajstić information content (AvgIpc) is 2.40. The summed E-state index contributed by atoms with van der Waals surface area (Å²) in [5.74, 6) is 0. The van der Waals surface area contributed by atoms with Crippen molar-refractivity contribution < 1.29 is 26.3 Å². The zero-order chi connectivity index (χ0) is 17.3. The second-order valence-electron chi connectivity index (χ2n) is 4.23. The summed E-state index contributed by atoms with van der Waals surface area (Å²) in [5, 5.41) is 0. The molecule has 23 heavy (non-hydrogen) atoms. The molecule has 1 unspecified atom stereocenters. The Balaban J connectivity index is 2.35. The molecule has 0 aliphatic carbocycles. The van der Waals surface area contributed by atoms with Crippen LogP contribution in [0.4, 0.5) is 26.3 Å². The molecule has 124 valence electrons. The van der Waals surface area contributed by atoms with Gasteiger partial charge in [0.25, 0.3) is 0 Å². The van der Waals surface area contributed by atoms with Crippen molar-refractivity contribution in [2.24, 2.45) is 0 Å². The highest BCUT2D eigenvalue weighted by atomic mass is 79.9. The molecular weight excluding hydrogens is 426 g/mol. The van der Waals surface area contributed by atoms with Crippen molar-refractivity contribution in [1.82, 2.24) is 0 Å². The van der Waals surface area contributed by atoms with Gasteiger partial charge >= 0.3 is 11.0 Å². The van der Waals surface area contributed by atoms with Gasteiger partial charge in [-0.3, -0.25) is 0 Å². The summed E-state index contributed by atoms with van der Waals surface area (Å²) in [6, 6.07) is 9.97. The summed E-state index contributed by atoms with van der Waals surface area (Å²) >= 11 is 2.79. The second kappa shape index (κ2) is 6.98. The quantitative estimate of drug-likeness (QED) is 0.297. The van der Waals surface area contributed by atoms with E-state index in [9.17, 15) is 26.3 Å². The molecule has 0 saturated carbocycles. The highest BCUT2D eigenvalue weighted by Gasteiger charge is 2.54. The molecule has 0 amide bonds. The fourth-order valence-electron chi connectivity index (χ4n) is 1.75. The van der Waals surface area contributed by atoms with Gasteiger partial charge in [0.2, 0.25) is 0 Å². The number of hydrogen-bond acceptors (Lipinski definition) is 1. The summed E-state index contributed by atoms with van der Waals surface area (Å²) < 4.78 is 77.6. The molecule has 0 nitrogen and oxygen atoms in total. The van der Waals surface area contributed by atoms with Gasteiger partial charge in [0.05, 0.1) is 0 Å². The minimum Gasteiger partial charge on any atom is -0.160 e. The molecule has 0 aliphatic rings. The Hall–Kier alpha value is -0.800. The number of halogens is 7. The van der Waals surface area contributed by atoms with Crippen molar-refractivity contribution >= 4 is 38.6 Å². The van der Waals surface area contributed by atoms with E-state index >= 15 is 0 Å². The molecule has 0 N–H and O–H groups in total. The summed E-state index contributed by atoms with van der Waals surface area (Å²) in [6.07, 6.45) is 0. The van der Waals surface area contributed by atoms with Crippen molar-refractivity contribution in [2.75, 3.05) is 0 Å². The molecule has 0 aliphatic heterocycles. The fourth-order valence-corrected chi connectivity index (χ4v) is 4.18. The molecule has 0 fully saturated rings. The van der Waals surface area contributed by atoms with E-state index in [1.54, 1.807) is 0 Å². The van der Waals surface area contributed by atoms with Gasteiger partial charge in [-0.2, -0.15) is 13.2 Å². The number of rotatable bonds is 3. The third kappa shape index (κ3) is 5.36. The Bertz CT molecular complexity index is 649. The van der Waals surface area contributed by atoms with E-state index in [1.807, 2.05) is 0 Å². The van der Waals surface area contributed by atoms with Crippen LogP contribution < -0.4 is 0 Å². The van der Waals surface area contributed by atoms with E-state index in [0.29, 0.717) is 4.47 Å². The standard InChI is InChI=1S/C14H8BrF6S2/c15-9-1-5-11(6-2-9)23(14(19,20)21)12-7-3-10(4-8-12)22-13(16,17)18/h1-8H/q+1. The average molecular weight is 434 g/mol. The third-order valence-corrected chi connectivity index (χ3v) is 5.79. The van der Waals surface area contributed by atoms with Crippen LogP contribution in [-0.2, 0) is 10.9 Å². The normalized spacial score (nSPS) is 13.9. The van der Waals surface area contributed by atoms with E-state index in [0.717, 1.165) is 24.3 Å². The summed E-state index contributed by atoms with van der Waals surface area (Å²) in [5.41, 5.74) is -8.99. The van der Waals surface area contributed by atoms with Gasteiger partial charge in [0.1, 0.15) is 0 Å². The van der Waals surface area contributed by atoms with Crippen LogP contribution >= 0.6 is 27.7 Å². The number of alkyl halides is 6. The molecule has 2 aromatic carbocycles. The van der Waals surface area contributed by atoms with E-state index in [2.05, 4.69) is 15.9 Å².